The second-order valence-electron chi connectivity index (χ2n) is 5.15. The fourth-order valence-corrected chi connectivity index (χ4v) is 3.41. The van der Waals surface area contributed by atoms with Gasteiger partial charge in [0.2, 0.25) is 10.0 Å². The van der Waals surface area contributed by atoms with Gasteiger partial charge < -0.3 is 0 Å². The van der Waals surface area contributed by atoms with Crippen LogP contribution < -0.4 is 4.72 Å². The second kappa shape index (κ2) is 7.04. The van der Waals surface area contributed by atoms with Crippen LogP contribution in [0.5, 0.6) is 0 Å². The van der Waals surface area contributed by atoms with Crippen molar-refractivity contribution in [1.29, 1.82) is 0 Å². The van der Waals surface area contributed by atoms with Crippen LogP contribution in [-0.2, 0) is 15.8 Å². The Hall–Kier alpha value is -2.71. The first-order valence-electron chi connectivity index (χ1n) is 7.19. The Morgan fingerprint density at radius 2 is 1.96 bits per heavy atom. The van der Waals surface area contributed by atoms with Crippen LogP contribution in [0.3, 0.4) is 0 Å². The van der Waals surface area contributed by atoms with Crippen molar-refractivity contribution in [3.8, 4) is 5.69 Å². The van der Waals surface area contributed by atoms with Crippen molar-refractivity contribution in [2.24, 2.45) is 0 Å². The highest BCUT2D eigenvalue weighted by atomic mass is 35.5. The SMILES string of the molecule is O=C(NS(=O)(=O)Cc1ccc(Cl)nc1)c1ccccc1-n1cccn1. The van der Waals surface area contributed by atoms with E-state index in [-0.39, 0.29) is 16.5 Å². The average Bonchev–Trinajstić information content (AvgIpc) is 3.11. The number of sulfonamides is 1. The quantitative estimate of drug-likeness (QED) is 0.689. The Morgan fingerprint density at radius 3 is 2.64 bits per heavy atom. The van der Waals surface area contributed by atoms with E-state index in [1.54, 1.807) is 36.7 Å². The van der Waals surface area contributed by atoms with Crippen LogP contribution in [0.4, 0.5) is 0 Å². The normalized spacial score (nSPS) is 11.2. The largest absolute Gasteiger partial charge is 0.268 e. The molecular formula is C16H13ClN4O3S. The number of benzene rings is 1. The van der Waals surface area contributed by atoms with Crippen molar-refractivity contribution < 1.29 is 13.2 Å². The molecule has 1 N–H and O–H groups in total. The summed E-state index contributed by atoms with van der Waals surface area (Å²) in [6.45, 7) is 0. The van der Waals surface area contributed by atoms with Gasteiger partial charge in [0.25, 0.3) is 5.91 Å². The van der Waals surface area contributed by atoms with Crippen molar-refractivity contribution in [3.05, 3.63) is 77.3 Å². The number of hydrogen-bond acceptors (Lipinski definition) is 5. The molecule has 0 fully saturated rings. The number of amides is 1. The van der Waals surface area contributed by atoms with E-state index in [2.05, 4.69) is 14.8 Å². The lowest BCUT2D eigenvalue weighted by Crippen LogP contribution is -2.32. The van der Waals surface area contributed by atoms with Crippen molar-refractivity contribution in [2.75, 3.05) is 0 Å². The molecule has 0 aliphatic carbocycles. The lowest BCUT2D eigenvalue weighted by molar-refractivity contribution is 0.0981. The van der Waals surface area contributed by atoms with Crippen LogP contribution in [0.1, 0.15) is 15.9 Å². The fourth-order valence-electron chi connectivity index (χ4n) is 2.22. The molecule has 2 heterocycles. The molecule has 0 aliphatic rings. The van der Waals surface area contributed by atoms with Gasteiger partial charge in [-0.3, -0.25) is 4.79 Å². The monoisotopic (exact) mass is 376 g/mol. The molecule has 1 aromatic carbocycles. The molecule has 0 radical (unpaired) electrons. The highest BCUT2D eigenvalue weighted by Gasteiger charge is 2.20. The number of nitrogens with one attached hydrogen (secondary N) is 1. The molecule has 0 bridgehead atoms. The summed E-state index contributed by atoms with van der Waals surface area (Å²) < 4.78 is 28.1. The summed E-state index contributed by atoms with van der Waals surface area (Å²) in [5.41, 5.74) is 1.10. The van der Waals surface area contributed by atoms with Crippen LogP contribution in [0.25, 0.3) is 5.69 Å². The maximum atomic E-state index is 12.5. The number of para-hydroxylation sites is 1. The average molecular weight is 377 g/mol. The Bertz CT molecular complexity index is 986. The second-order valence-corrected chi connectivity index (χ2v) is 7.26. The lowest BCUT2D eigenvalue weighted by atomic mass is 10.1. The summed E-state index contributed by atoms with van der Waals surface area (Å²) in [6.07, 6.45) is 4.59. The zero-order chi connectivity index (χ0) is 17.9. The predicted molar refractivity (Wildman–Crippen MR) is 92.9 cm³/mol. The Labute approximate surface area is 149 Å². The number of carbonyl (C=O) groups excluding carboxylic acids is 1. The number of hydrogen-bond donors (Lipinski definition) is 1. The zero-order valence-corrected chi connectivity index (χ0v) is 14.4. The van der Waals surface area contributed by atoms with Crippen LogP contribution in [0.15, 0.2) is 61.1 Å². The summed E-state index contributed by atoms with van der Waals surface area (Å²) in [5.74, 6) is -1.11. The molecule has 7 nitrogen and oxygen atoms in total. The van der Waals surface area contributed by atoms with Gasteiger partial charge in [-0.2, -0.15) is 5.10 Å². The lowest BCUT2D eigenvalue weighted by Gasteiger charge is -2.10. The highest BCUT2D eigenvalue weighted by Crippen LogP contribution is 2.14. The molecule has 0 atom stereocenters. The molecular weight excluding hydrogens is 364 g/mol. The molecule has 0 unspecified atom stereocenters. The minimum absolute atomic E-state index is 0.198. The minimum atomic E-state index is -3.89. The first-order chi connectivity index (χ1) is 11.9. The topological polar surface area (TPSA) is 94.0 Å². The summed E-state index contributed by atoms with van der Waals surface area (Å²) in [7, 11) is -3.89. The molecule has 2 aromatic heterocycles. The number of aromatic nitrogens is 3. The smallest absolute Gasteiger partial charge is 0.266 e. The number of halogens is 1. The van der Waals surface area contributed by atoms with Crippen molar-refractivity contribution in [1.82, 2.24) is 19.5 Å². The molecule has 0 spiro atoms. The van der Waals surface area contributed by atoms with E-state index in [1.165, 1.54) is 29.1 Å². The van der Waals surface area contributed by atoms with Gasteiger partial charge in [-0.05, 0) is 29.8 Å². The van der Waals surface area contributed by atoms with Crippen LogP contribution in [0, 0.1) is 0 Å². The van der Waals surface area contributed by atoms with Gasteiger partial charge in [-0.25, -0.2) is 22.8 Å². The molecule has 128 valence electrons. The molecule has 25 heavy (non-hydrogen) atoms. The third-order valence-corrected chi connectivity index (χ3v) is 4.73. The van der Waals surface area contributed by atoms with Gasteiger partial charge in [-0.15, -0.1) is 0 Å². The van der Waals surface area contributed by atoms with Crippen molar-refractivity contribution >= 4 is 27.5 Å². The van der Waals surface area contributed by atoms with Crippen LogP contribution in [-0.4, -0.2) is 29.1 Å². The molecule has 9 heteroatoms. The number of rotatable bonds is 5. The van der Waals surface area contributed by atoms with Gasteiger partial charge >= 0.3 is 0 Å². The van der Waals surface area contributed by atoms with Crippen LogP contribution in [0.2, 0.25) is 5.15 Å². The predicted octanol–water partition coefficient (Wildman–Crippen LogP) is 2.18. The van der Waals surface area contributed by atoms with E-state index in [4.69, 9.17) is 11.6 Å². The summed E-state index contributed by atoms with van der Waals surface area (Å²) in [4.78, 5) is 16.3. The highest BCUT2D eigenvalue weighted by molar-refractivity contribution is 7.89. The standard InChI is InChI=1S/C16H13ClN4O3S/c17-15-7-6-12(10-18-15)11-25(23,24)20-16(22)13-4-1-2-5-14(13)21-9-3-8-19-21/h1-10H,11H2,(H,20,22). The Kier molecular flexibility index (Phi) is 4.82. The van der Waals surface area contributed by atoms with E-state index in [1.807, 2.05) is 0 Å². The van der Waals surface area contributed by atoms with Gasteiger partial charge in [0.15, 0.2) is 0 Å². The van der Waals surface area contributed by atoms with Crippen molar-refractivity contribution in [3.63, 3.8) is 0 Å². The van der Waals surface area contributed by atoms with Gasteiger partial charge in [-0.1, -0.05) is 29.8 Å². The molecule has 3 rings (SSSR count). The fraction of sp³-hybridized carbons (Fsp3) is 0.0625. The van der Waals surface area contributed by atoms with E-state index < -0.39 is 15.9 Å². The summed E-state index contributed by atoms with van der Waals surface area (Å²) in [5, 5.41) is 4.33. The van der Waals surface area contributed by atoms with Crippen LogP contribution >= 0.6 is 11.6 Å². The van der Waals surface area contributed by atoms with E-state index >= 15 is 0 Å². The maximum absolute atomic E-state index is 12.5. The number of pyridine rings is 1. The molecule has 3 aromatic rings. The van der Waals surface area contributed by atoms with Gasteiger partial charge in [0, 0.05) is 18.6 Å². The zero-order valence-electron chi connectivity index (χ0n) is 12.8. The Balaban J connectivity index is 1.81. The first-order valence-corrected chi connectivity index (χ1v) is 9.22. The van der Waals surface area contributed by atoms with E-state index in [0.29, 0.717) is 11.3 Å². The third-order valence-electron chi connectivity index (χ3n) is 3.29. The molecule has 0 aliphatic heterocycles. The van der Waals surface area contributed by atoms with Gasteiger partial charge in [0.05, 0.1) is 17.0 Å². The molecule has 0 saturated carbocycles. The summed E-state index contributed by atoms with van der Waals surface area (Å²) >= 11 is 5.67. The molecule has 0 saturated heterocycles. The number of carbonyl (C=O) groups is 1. The minimum Gasteiger partial charge on any atom is -0.268 e. The van der Waals surface area contributed by atoms with Crippen molar-refractivity contribution in [2.45, 2.75) is 5.75 Å². The number of nitrogens with zero attached hydrogens (tertiary/aromatic N) is 3. The first kappa shape index (κ1) is 17.1. The Morgan fingerprint density at radius 1 is 1.16 bits per heavy atom. The van der Waals surface area contributed by atoms with Gasteiger partial charge in [0.1, 0.15) is 5.15 Å². The van der Waals surface area contributed by atoms with E-state index in [0.717, 1.165) is 0 Å². The van der Waals surface area contributed by atoms with E-state index in [9.17, 15) is 13.2 Å². The third kappa shape index (κ3) is 4.23. The molecule has 1 amide bonds. The summed E-state index contributed by atoms with van der Waals surface area (Å²) in [6, 6.07) is 11.3. The maximum Gasteiger partial charge on any atom is 0.266 e.